The summed E-state index contributed by atoms with van der Waals surface area (Å²) in [5.41, 5.74) is 2.23. The summed E-state index contributed by atoms with van der Waals surface area (Å²) >= 11 is 1.79. The van der Waals surface area contributed by atoms with Crippen LogP contribution in [0.3, 0.4) is 0 Å². The van der Waals surface area contributed by atoms with Crippen molar-refractivity contribution in [2.45, 2.75) is 34.4 Å². The number of aryl methyl sites for hydroxylation is 1. The maximum Gasteiger partial charge on any atom is 0.243 e. The highest BCUT2D eigenvalue weighted by atomic mass is 32.2. The Balaban J connectivity index is 1.57. The number of rotatable bonds is 2. The number of piperidine rings is 1. The van der Waals surface area contributed by atoms with Gasteiger partial charge in [0.05, 0.1) is 4.90 Å². The predicted molar refractivity (Wildman–Crippen MR) is 98.1 cm³/mol. The molecule has 1 fully saturated rings. The van der Waals surface area contributed by atoms with Gasteiger partial charge in [0.1, 0.15) is 0 Å². The Kier molecular flexibility index (Phi) is 4.06. The summed E-state index contributed by atoms with van der Waals surface area (Å²) in [6.45, 7) is 3.07. The molecule has 0 amide bonds. The lowest BCUT2D eigenvalue weighted by Crippen LogP contribution is -2.51. The van der Waals surface area contributed by atoms with E-state index in [1.807, 2.05) is 31.2 Å². The third-order valence-electron chi connectivity index (χ3n) is 4.69. The summed E-state index contributed by atoms with van der Waals surface area (Å²) in [7, 11) is -3.41. The van der Waals surface area contributed by atoms with Crippen LogP contribution in [0.5, 0.6) is 0 Å². The van der Waals surface area contributed by atoms with Crippen LogP contribution < -0.4 is 5.32 Å². The first-order valence-corrected chi connectivity index (χ1v) is 10.4. The number of thioether (sulfide) groups is 1. The van der Waals surface area contributed by atoms with E-state index in [0.717, 1.165) is 12.0 Å². The Bertz CT molecular complexity index is 850. The van der Waals surface area contributed by atoms with Gasteiger partial charge in [-0.15, -0.1) is 11.8 Å². The highest BCUT2D eigenvalue weighted by Gasteiger charge is 2.38. The smallest absolute Gasteiger partial charge is 0.243 e. The monoisotopic (exact) mass is 360 g/mol. The molecule has 0 aliphatic carbocycles. The van der Waals surface area contributed by atoms with Crippen molar-refractivity contribution in [1.82, 2.24) is 4.31 Å². The zero-order valence-corrected chi connectivity index (χ0v) is 15.1. The lowest BCUT2D eigenvalue weighted by atomic mass is 10.1. The molecule has 2 aliphatic rings. The molecule has 24 heavy (non-hydrogen) atoms. The minimum absolute atomic E-state index is 0.244. The molecule has 2 aromatic rings. The average molecular weight is 361 g/mol. The number of hydrogen-bond donors (Lipinski definition) is 1. The number of benzene rings is 2. The van der Waals surface area contributed by atoms with Crippen molar-refractivity contribution < 1.29 is 8.42 Å². The SMILES string of the molecule is Cc1ccc(S(=O)(=O)N2CCC3Nc4ccccc4SC3C2)cc1. The fourth-order valence-corrected chi connectivity index (χ4v) is 6.24. The highest BCUT2D eigenvalue weighted by molar-refractivity contribution is 8.00. The number of nitrogens with one attached hydrogen (secondary N) is 1. The Morgan fingerprint density at radius 3 is 2.67 bits per heavy atom. The first kappa shape index (κ1) is 16.0. The molecule has 2 aliphatic heterocycles. The second-order valence-corrected chi connectivity index (χ2v) is 9.59. The van der Waals surface area contributed by atoms with E-state index in [4.69, 9.17) is 0 Å². The molecule has 6 heteroatoms. The Hall–Kier alpha value is -1.50. The van der Waals surface area contributed by atoms with Crippen LogP contribution in [0.15, 0.2) is 58.3 Å². The van der Waals surface area contributed by atoms with Gasteiger partial charge >= 0.3 is 0 Å². The molecule has 0 bridgehead atoms. The van der Waals surface area contributed by atoms with Crippen LogP contribution >= 0.6 is 11.8 Å². The Morgan fingerprint density at radius 1 is 1.12 bits per heavy atom. The van der Waals surface area contributed by atoms with E-state index in [2.05, 4.69) is 17.4 Å². The number of sulfonamides is 1. The molecule has 0 saturated carbocycles. The zero-order chi connectivity index (χ0) is 16.7. The minimum atomic E-state index is -3.41. The maximum absolute atomic E-state index is 12.9. The lowest BCUT2D eigenvalue weighted by molar-refractivity contribution is 0.335. The van der Waals surface area contributed by atoms with Gasteiger partial charge in [0.2, 0.25) is 10.0 Å². The normalized spacial score (nSPS) is 23.9. The van der Waals surface area contributed by atoms with E-state index in [1.165, 1.54) is 10.6 Å². The van der Waals surface area contributed by atoms with Crippen LogP contribution in [-0.4, -0.2) is 37.1 Å². The largest absolute Gasteiger partial charge is 0.380 e. The molecule has 2 heterocycles. The van der Waals surface area contributed by atoms with Gasteiger partial charge in [-0.25, -0.2) is 8.42 Å². The van der Waals surface area contributed by atoms with Gasteiger partial charge in [-0.2, -0.15) is 4.31 Å². The van der Waals surface area contributed by atoms with E-state index in [-0.39, 0.29) is 5.25 Å². The van der Waals surface area contributed by atoms with Gasteiger partial charge in [0, 0.05) is 35.0 Å². The van der Waals surface area contributed by atoms with Crippen LogP contribution in [0.25, 0.3) is 0 Å². The van der Waals surface area contributed by atoms with E-state index >= 15 is 0 Å². The van der Waals surface area contributed by atoms with Gasteiger partial charge in [-0.1, -0.05) is 29.8 Å². The summed E-state index contributed by atoms with van der Waals surface area (Å²) in [5, 5.41) is 3.82. The molecule has 2 atom stereocenters. The molecule has 0 aromatic heterocycles. The maximum atomic E-state index is 12.9. The van der Waals surface area contributed by atoms with Crippen LogP contribution in [0.2, 0.25) is 0 Å². The molecule has 126 valence electrons. The van der Waals surface area contributed by atoms with E-state index < -0.39 is 10.0 Å². The third-order valence-corrected chi connectivity index (χ3v) is 7.96. The van der Waals surface area contributed by atoms with Crippen molar-refractivity contribution in [3.63, 3.8) is 0 Å². The molecular formula is C18H20N2O2S2. The highest BCUT2D eigenvalue weighted by Crippen LogP contribution is 2.41. The topological polar surface area (TPSA) is 49.4 Å². The van der Waals surface area contributed by atoms with Crippen molar-refractivity contribution >= 4 is 27.5 Å². The van der Waals surface area contributed by atoms with Crippen molar-refractivity contribution in [3.05, 3.63) is 54.1 Å². The molecule has 1 N–H and O–H groups in total. The summed E-state index contributed by atoms with van der Waals surface area (Å²) in [6, 6.07) is 15.7. The standard InChI is InChI=1S/C18H20N2O2S2/c1-13-6-8-14(9-7-13)24(21,22)20-11-10-16-18(12-20)23-17-5-3-2-4-15(17)19-16/h2-9,16,18-19H,10-12H2,1H3. The summed E-state index contributed by atoms with van der Waals surface area (Å²) in [6.07, 6.45) is 0.830. The minimum Gasteiger partial charge on any atom is -0.380 e. The van der Waals surface area contributed by atoms with Crippen LogP contribution in [0, 0.1) is 6.92 Å². The first-order chi connectivity index (χ1) is 11.5. The zero-order valence-electron chi connectivity index (χ0n) is 13.5. The van der Waals surface area contributed by atoms with Gasteiger partial charge in [0.15, 0.2) is 0 Å². The number of hydrogen-bond acceptors (Lipinski definition) is 4. The fraction of sp³-hybridized carbons (Fsp3) is 0.333. The summed E-state index contributed by atoms with van der Waals surface area (Å²) < 4.78 is 27.5. The molecule has 4 rings (SSSR count). The second kappa shape index (κ2) is 6.10. The predicted octanol–water partition coefficient (Wildman–Crippen LogP) is 3.34. The third kappa shape index (κ3) is 2.83. The number of nitrogens with zero attached hydrogens (tertiary/aromatic N) is 1. The van der Waals surface area contributed by atoms with E-state index in [1.54, 1.807) is 28.2 Å². The lowest BCUT2D eigenvalue weighted by Gasteiger charge is -2.41. The summed E-state index contributed by atoms with van der Waals surface area (Å²) in [5.74, 6) is 0. The molecule has 2 aromatic carbocycles. The van der Waals surface area contributed by atoms with Crippen LogP contribution in [0.4, 0.5) is 5.69 Å². The average Bonchev–Trinajstić information content (AvgIpc) is 2.59. The van der Waals surface area contributed by atoms with Gasteiger partial charge in [-0.3, -0.25) is 0 Å². The molecule has 0 spiro atoms. The van der Waals surface area contributed by atoms with Gasteiger partial charge < -0.3 is 5.32 Å². The number of fused-ring (bicyclic) bond motifs is 2. The van der Waals surface area contributed by atoms with Gasteiger partial charge in [-0.05, 0) is 37.6 Å². The fourth-order valence-electron chi connectivity index (χ4n) is 3.30. The summed E-state index contributed by atoms with van der Waals surface area (Å²) in [4.78, 5) is 1.59. The van der Waals surface area contributed by atoms with Crippen LogP contribution in [0.1, 0.15) is 12.0 Å². The number of anilines is 1. The van der Waals surface area contributed by atoms with Crippen molar-refractivity contribution in [2.24, 2.45) is 0 Å². The Morgan fingerprint density at radius 2 is 1.88 bits per heavy atom. The van der Waals surface area contributed by atoms with E-state index in [0.29, 0.717) is 24.0 Å². The van der Waals surface area contributed by atoms with Crippen molar-refractivity contribution in [3.8, 4) is 0 Å². The first-order valence-electron chi connectivity index (χ1n) is 8.13. The van der Waals surface area contributed by atoms with E-state index in [9.17, 15) is 8.42 Å². The molecule has 0 radical (unpaired) electrons. The molecule has 1 saturated heterocycles. The van der Waals surface area contributed by atoms with Gasteiger partial charge in [0.25, 0.3) is 0 Å². The second-order valence-electron chi connectivity index (χ2n) is 6.37. The Labute approximate surface area is 147 Å². The van der Waals surface area contributed by atoms with Crippen molar-refractivity contribution in [1.29, 1.82) is 0 Å². The molecular weight excluding hydrogens is 340 g/mol. The number of para-hydroxylation sites is 1. The molecule has 4 nitrogen and oxygen atoms in total. The van der Waals surface area contributed by atoms with Crippen molar-refractivity contribution in [2.75, 3.05) is 18.4 Å². The quantitative estimate of drug-likeness (QED) is 0.892. The van der Waals surface area contributed by atoms with Crippen LogP contribution in [-0.2, 0) is 10.0 Å². The molecule has 2 unspecified atom stereocenters.